The molecule has 2 fully saturated rings. The first-order valence-corrected chi connectivity index (χ1v) is 42.6. The normalized spacial score (nSPS) is 14.4. The minimum Gasteiger partial charge on any atom is -0.481 e. The van der Waals surface area contributed by atoms with Gasteiger partial charge in [0.2, 0.25) is 23.5 Å². The molecule has 0 radical (unpaired) electrons. The number of alkyl halides is 2. The van der Waals surface area contributed by atoms with Crippen LogP contribution in [0.3, 0.4) is 0 Å². The smallest absolute Gasteiger partial charge is 0.262 e. The first kappa shape index (κ1) is 92.3. The van der Waals surface area contributed by atoms with E-state index in [2.05, 4.69) is 86.2 Å². The summed E-state index contributed by atoms with van der Waals surface area (Å²) in [5.41, 5.74) is 11.3. The zero-order chi connectivity index (χ0) is 90.9. The molecule has 660 valence electrons. The highest BCUT2D eigenvalue weighted by Gasteiger charge is 2.42. The minimum atomic E-state index is -3.12. The van der Waals surface area contributed by atoms with Crippen LogP contribution in [-0.4, -0.2) is 164 Å². The van der Waals surface area contributed by atoms with E-state index in [0.717, 1.165) is 129 Å². The monoisotopic (exact) mass is 1790 g/mol. The number of aliphatic hydroxyl groups is 4. The molecular weight excluding hydrogens is 1690 g/mol. The standard InChI is InChI=1S/C27H29ClN6O2.C25H25ClF2N6O3.C21H24ClN3O2.C20H24ClN3O2/c1-16-8-10-21(17(2)30-16)27(35,23-15-29-32-33(23)4)19-9-11-22-20(14-19)25(28)24(26(31-22)36-5)18(3)34-12-6-7-13-34;1-13-6-8-17(14(2)31-13)25(36,19-11-30-33-34(19)4)15-7-9-18-16(10-15)21(26)20(23(32-18)37-5)22(35)29-12-24(3,27)28;1-12-23-11-17(25(12)2)20(26)14-8-9-16-15(10-14)19(22)18(21(24-16)27-3)13-6-4-5-7-13;1-11(2)8-15-18(21)14-9-13(6-7-16(14)23-20(15)26-5)19(25)17-10-22-12(3)24(17)4/h8-11,14-15,35H,3,6-7,12-13H2,1-2,4-5H3;6-11,36H,12H2,1-5H3,(H,29,35);8-11,13,20,26H,4-7H2,1-3H3;6-7,9-11,19,25H,8H2,1-5H3. The van der Waals surface area contributed by atoms with Crippen LogP contribution in [0.25, 0.3) is 49.3 Å². The van der Waals surface area contributed by atoms with Gasteiger partial charge in [-0.3, -0.25) is 14.8 Å². The maximum absolute atomic E-state index is 13.4. The maximum atomic E-state index is 13.4. The van der Waals surface area contributed by atoms with E-state index >= 15 is 0 Å². The number of nitrogens with zero attached hydrogens (tertiary/aromatic N) is 17. The Labute approximate surface area is 748 Å². The molecule has 1 aliphatic heterocycles. The highest BCUT2D eigenvalue weighted by Crippen LogP contribution is 2.48. The van der Waals surface area contributed by atoms with Gasteiger partial charge in [-0.15, -0.1) is 10.2 Å². The lowest BCUT2D eigenvalue weighted by Crippen LogP contribution is -2.35. The number of likely N-dealkylation sites (tertiary alicyclic amines) is 1. The fourth-order valence-corrected chi connectivity index (χ4v) is 17.9. The third-order valence-corrected chi connectivity index (χ3v) is 25.0. The van der Waals surface area contributed by atoms with Gasteiger partial charge in [0.1, 0.15) is 29.4 Å². The summed E-state index contributed by atoms with van der Waals surface area (Å²) in [6.45, 7) is 21.5. The fraction of sp³-hybridized carbons (Fsp3) is 0.366. The topological polar surface area (TPSA) is 325 Å². The van der Waals surface area contributed by atoms with Crippen LogP contribution in [0.4, 0.5) is 8.78 Å². The van der Waals surface area contributed by atoms with Crippen molar-refractivity contribution in [3.05, 3.63) is 261 Å². The van der Waals surface area contributed by atoms with E-state index in [1.165, 1.54) is 30.8 Å². The predicted molar refractivity (Wildman–Crippen MR) is 483 cm³/mol. The molecule has 0 bridgehead atoms. The Morgan fingerprint density at radius 3 is 1.36 bits per heavy atom. The Morgan fingerprint density at radius 2 is 0.952 bits per heavy atom. The van der Waals surface area contributed by atoms with Crippen molar-refractivity contribution < 1.29 is 52.9 Å². The van der Waals surface area contributed by atoms with E-state index in [1.807, 2.05) is 125 Å². The molecule has 1 amide bonds. The second-order valence-electron chi connectivity index (χ2n) is 32.3. The molecule has 1 aliphatic carbocycles. The van der Waals surface area contributed by atoms with Gasteiger partial charge in [-0.2, -0.15) is 0 Å². The number of hydrogen-bond acceptors (Lipinski definition) is 22. The summed E-state index contributed by atoms with van der Waals surface area (Å²) in [5, 5.41) is 69.0. The Hall–Kier alpha value is -11.4. The number of rotatable bonds is 22. The number of nitrogens with one attached hydrogen (secondary N) is 1. The molecule has 10 aromatic heterocycles. The third kappa shape index (κ3) is 18.3. The van der Waals surface area contributed by atoms with Crippen molar-refractivity contribution in [3.8, 4) is 23.5 Å². The lowest BCUT2D eigenvalue weighted by atomic mass is 9.82. The number of aromatic nitrogens is 16. The molecule has 1 saturated carbocycles. The number of hydrogen-bond donors (Lipinski definition) is 5. The number of fused-ring (bicyclic) bond motifs is 4. The van der Waals surface area contributed by atoms with Crippen molar-refractivity contribution in [1.29, 1.82) is 0 Å². The van der Waals surface area contributed by atoms with Crippen LogP contribution in [0.2, 0.25) is 20.1 Å². The summed E-state index contributed by atoms with van der Waals surface area (Å²) in [7, 11) is 13.3. The third-order valence-electron chi connectivity index (χ3n) is 23.4. The highest BCUT2D eigenvalue weighted by atomic mass is 35.5. The quantitative estimate of drug-likeness (QED) is 0.0421. The molecule has 126 heavy (non-hydrogen) atoms. The maximum Gasteiger partial charge on any atom is 0.262 e. The van der Waals surface area contributed by atoms with Gasteiger partial charge in [-0.1, -0.05) is 126 Å². The molecule has 5 N–H and O–H groups in total. The van der Waals surface area contributed by atoms with Crippen LogP contribution in [0.1, 0.15) is 195 Å². The number of aryl methyl sites for hydroxylation is 8. The zero-order valence-corrected chi connectivity index (χ0v) is 76.4. The summed E-state index contributed by atoms with van der Waals surface area (Å²) >= 11 is 27.3. The number of halogens is 6. The van der Waals surface area contributed by atoms with E-state index in [0.29, 0.717) is 124 Å². The van der Waals surface area contributed by atoms with Crippen LogP contribution in [0, 0.1) is 47.5 Å². The molecule has 2 aliphatic rings. The lowest BCUT2D eigenvalue weighted by Gasteiger charge is -2.30. The zero-order valence-electron chi connectivity index (χ0n) is 73.3. The number of ether oxygens (including phenoxy) is 4. The second kappa shape index (κ2) is 38.0. The molecule has 4 aromatic carbocycles. The molecule has 11 heterocycles. The van der Waals surface area contributed by atoms with Crippen LogP contribution in [0.5, 0.6) is 23.5 Å². The SMILES string of the molecule is C=C(c1c(OC)nc2ccc(C(O)(c3ccc(C)nc3C)c3cnnn3C)cc2c1Cl)N1CCCC1.COc1nc2ccc(C(O)(c3ccc(C)nc3C)c3cnnn3C)cc2c(Cl)c1C(=O)NCC(C)(F)F.COc1nc2ccc(C(O)c3cnc(C)n3C)cc2c(Cl)c1C1CCCC1.COc1nc2ccc(C(O)c3cnc(C)n3C)cc2c(Cl)c1CC(C)C. The van der Waals surface area contributed by atoms with Gasteiger partial charge < -0.3 is 58.7 Å². The predicted octanol–water partition coefficient (Wildman–Crippen LogP) is 17.0. The molecule has 4 atom stereocenters. The summed E-state index contributed by atoms with van der Waals surface area (Å²) in [4.78, 5) is 51.0. The Morgan fingerprint density at radius 1 is 0.540 bits per heavy atom. The van der Waals surface area contributed by atoms with Gasteiger partial charge in [-0.25, -0.2) is 48.0 Å². The van der Waals surface area contributed by atoms with Crippen molar-refractivity contribution in [2.24, 2.45) is 34.1 Å². The van der Waals surface area contributed by atoms with Crippen LogP contribution < -0.4 is 24.3 Å². The van der Waals surface area contributed by atoms with Gasteiger partial charge in [0.15, 0.2) is 11.2 Å². The number of carbonyl (C=O) groups is 1. The second-order valence-corrected chi connectivity index (χ2v) is 33.8. The van der Waals surface area contributed by atoms with E-state index in [4.69, 9.17) is 70.3 Å². The van der Waals surface area contributed by atoms with Gasteiger partial charge in [0.05, 0.1) is 130 Å². The molecule has 0 spiro atoms. The average Bonchev–Trinajstić information content (AvgIpc) is 1.24. The van der Waals surface area contributed by atoms with E-state index < -0.39 is 41.8 Å². The van der Waals surface area contributed by atoms with Gasteiger partial charge in [-0.05, 0) is 168 Å². The van der Waals surface area contributed by atoms with E-state index in [9.17, 15) is 34.0 Å². The van der Waals surface area contributed by atoms with Crippen molar-refractivity contribution in [2.45, 2.75) is 143 Å². The van der Waals surface area contributed by atoms with Gasteiger partial charge in [0.25, 0.3) is 11.8 Å². The number of benzene rings is 4. The number of amides is 1. The first-order chi connectivity index (χ1) is 59.9. The number of aliphatic hydroxyl groups excluding tert-OH is 2. The van der Waals surface area contributed by atoms with Crippen LogP contribution in [-0.2, 0) is 45.8 Å². The summed E-state index contributed by atoms with van der Waals surface area (Å²) in [5.74, 6) is 0.0226. The summed E-state index contributed by atoms with van der Waals surface area (Å²) in [6, 6.07) is 29.1. The van der Waals surface area contributed by atoms with Crippen molar-refractivity contribution in [2.75, 3.05) is 48.1 Å². The number of imidazole rings is 2. The number of carbonyl (C=O) groups excluding carboxylic acids is 1. The van der Waals surface area contributed by atoms with Crippen molar-refractivity contribution in [1.82, 2.24) is 89.2 Å². The Kier molecular flexibility index (Phi) is 27.8. The van der Waals surface area contributed by atoms with Crippen LogP contribution in [0.15, 0.2) is 128 Å². The molecule has 14 aromatic rings. The molecule has 1 saturated heterocycles. The minimum absolute atomic E-state index is 0.0650. The molecule has 27 nitrogen and oxygen atoms in total. The van der Waals surface area contributed by atoms with Crippen molar-refractivity contribution in [3.63, 3.8) is 0 Å². The Balaban J connectivity index is 0.000000146. The van der Waals surface area contributed by atoms with E-state index in [1.54, 1.807) is 96.0 Å². The first-order valence-electron chi connectivity index (χ1n) is 41.1. The fourth-order valence-electron chi connectivity index (χ4n) is 16.5. The summed E-state index contributed by atoms with van der Waals surface area (Å²) in [6.07, 6.45) is 12.5. The lowest BCUT2D eigenvalue weighted by molar-refractivity contribution is 0.0220. The molecular formula is C93H102Cl4F2N18O9. The number of methoxy groups -OCH3 is 4. The largest absolute Gasteiger partial charge is 0.481 e. The van der Waals surface area contributed by atoms with Crippen LogP contribution >= 0.6 is 46.4 Å². The highest BCUT2D eigenvalue weighted by molar-refractivity contribution is 6.39. The number of pyridine rings is 6. The summed E-state index contributed by atoms with van der Waals surface area (Å²) < 4.78 is 55.4. The molecule has 4 unspecified atom stereocenters. The molecule has 16 rings (SSSR count). The van der Waals surface area contributed by atoms with Crippen molar-refractivity contribution >= 4 is 102 Å². The van der Waals surface area contributed by atoms with Gasteiger partial charge >= 0.3 is 0 Å². The van der Waals surface area contributed by atoms with E-state index in [-0.39, 0.29) is 16.5 Å². The Bertz CT molecular complexity index is 6440. The molecule has 33 heteroatoms. The average molecular weight is 1800 g/mol. The van der Waals surface area contributed by atoms with Gasteiger partial charge in [0, 0.05) is 120 Å².